The van der Waals surface area contributed by atoms with Gasteiger partial charge in [-0.15, -0.1) is 0 Å². The van der Waals surface area contributed by atoms with E-state index in [0.717, 1.165) is 12.0 Å². The van der Waals surface area contributed by atoms with Gasteiger partial charge in [-0.2, -0.15) is 0 Å². The van der Waals surface area contributed by atoms with Gasteiger partial charge >= 0.3 is 5.97 Å². The van der Waals surface area contributed by atoms with Crippen LogP contribution in [0.2, 0.25) is 10.0 Å². The van der Waals surface area contributed by atoms with Crippen LogP contribution in [0.3, 0.4) is 0 Å². The molecule has 2 atom stereocenters. The summed E-state index contributed by atoms with van der Waals surface area (Å²) in [6.07, 6.45) is 2.67. The second kappa shape index (κ2) is 8.23. The molecule has 2 unspecified atom stereocenters. The molecule has 0 radical (unpaired) electrons. The van der Waals surface area contributed by atoms with Crippen molar-refractivity contribution >= 4 is 46.4 Å². The fraction of sp³-hybridized carbons (Fsp3) is 0.421. The van der Waals surface area contributed by atoms with Crippen LogP contribution in [0, 0.1) is 11.8 Å². The second-order valence-electron chi connectivity index (χ2n) is 6.46. The number of halogens is 2. The van der Waals surface area contributed by atoms with Gasteiger partial charge in [0.1, 0.15) is 10.9 Å². The summed E-state index contributed by atoms with van der Waals surface area (Å²) in [7, 11) is 3.28. The molecule has 7 heteroatoms. The lowest BCUT2D eigenvalue weighted by Crippen LogP contribution is -2.37. The van der Waals surface area contributed by atoms with E-state index >= 15 is 0 Å². The molecule has 1 amide bonds. The average molecular weight is 398 g/mol. The summed E-state index contributed by atoms with van der Waals surface area (Å²) < 4.78 is 5.03. The minimum absolute atomic E-state index is 0.00487. The molecule has 0 bridgehead atoms. The highest BCUT2D eigenvalue weighted by Crippen LogP contribution is 2.43. The van der Waals surface area contributed by atoms with Gasteiger partial charge in [0.25, 0.3) is 0 Å². The van der Waals surface area contributed by atoms with E-state index in [-0.39, 0.29) is 33.4 Å². The molecule has 0 aromatic heterocycles. The van der Waals surface area contributed by atoms with Crippen LogP contribution in [0.15, 0.2) is 18.2 Å². The molecule has 1 aromatic rings. The van der Waals surface area contributed by atoms with Crippen LogP contribution in [0.4, 0.5) is 0 Å². The van der Waals surface area contributed by atoms with E-state index < -0.39 is 11.9 Å². The standard InChI is InChI=1S/C19H21Cl2NO4/c1-5-11-8-14(19(25)22(3)4)15(24)9-13(11)12-6-7-16(26-10(2)23)18(21)17(12)20/h6-7,9,11,14H,5,8H2,1-4H3. The maximum Gasteiger partial charge on any atom is 0.308 e. The van der Waals surface area contributed by atoms with Crippen molar-refractivity contribution in [3.63, 3.8) is 0 Å². The Bertz CT molecular complexity index is 786. The van der Waals surface area contributed by atoms with E-state index in [1.807, 2.05) is 6.92 Å². The number of allylic oxidation sites excluding steroid dienone is 2. The highest BCUT2D eigenvalue weighted by Gasteiger charge is 2.35. The maximum absolute atomic E-state index is 12.5. The van der Waals surface area contributed by atoms with Gasteiger partial charge in [-0.05, 0) is 48.1 Å². The first-order chi connectivity index (χ1) is 12.2. The SMILES string of the molecule is CCC1CC(C(=O)N(C)C)C(=O)C=C1c1ccc(OC(C)=O)c(Cl)c1Cl. The minimum Gasteiger partial charge on any atom is -0.425 e. The number of ketones is 1. The van der Waals surface area contributed by atoms with E-state index in [1.54, 1.807) is 26.2 Å². The van der Waals surface area contributed by atoms with Crippen LogP contribution < -0.4 is 4.74 Å². The number of amides is 1. The molecule has 140 valence electrons. The summed E-state index contributed by atoms with van der Waals surface area (Å²) >= 11 is 12.6. The third-order valence-corrected chi connectivity index (χ3v) is 5.31. The third kappa shape index (κ3) is 4.10. The number of hydrogen-bond donors (Lipinski definition) is 0. The van der Waals surface area contributed by atoms with Crippen molar-refractivity contribution in [3.8, 4) is 5.75 Å². The van der Waals surface area contributed by atoms with Crippen molar-refractivity contribution < 1.29 is 19.1 Å². The highest BCUT2D eigenvalue weighted by atomic mass is 35.5. The first kappa shape index (κ1) is 20.5. The average Bonchev–Trinajstić information content (AvgIpc) is 2.58. The summed E-state index contributed by atoms with van der Waals surface area (Å²) in [4.78, 5) is 37.4. The Kier molecular flexibility index (Phi) is 6.48. The monoisotopic (exact) mass is 397 g/mol. The van der Waals surface area contributed by atoms with Gasteiger partial charge in [0.05, 0.1) is 5.02 Å². The number of esters is 1. The predicted molar refractivity (Wildman–Crippen MR) is 101 cm³/mol. The Morgan fingerprint density at radius 2 is 1.88 bits per heavy atom. The van der Waals surface area contributed by atoms with Gasteiger partial charge in [0.2, 0.25) is 5.91 Å². The van der Waals surface area contributed by atoms with E-state index in [4.69, 9.17) is 27.9 Å². The molecule has 1 aliphatic carbocycles. The fourth-order valence-electron chi connectivity index (χ4n) is 3.11. The van der Waals surface area contributed by atoms with Crippen molar-refractivity contribution in [2.24, 2.45) is 11.8 Å². The topological polar surface area (TPSA) is 63.7 Å². The van der Waals surface area contributed by atoms with E-state index in [1.165, 1.54) is 17.9 Å². The third-order valence-electron chi connectivity index (χ3n) is 4.44. The zero-order chi connectivity index (χ0) is 19.6. The zero-order valence-corrected chi connectivity index (χ0v) is 16.6. The van der Waals surface area contributed by atoms with Crippen molar-refractivity contribution in [2.75, 3.05) is 14.1 Å². The van der Waals surface area contributed by atoms with Crippen molar-refractivity contribution in [3.05, 3.63) is 33.8 Å². The molecule has 0 aliphatic heterocycles. The number of rotatable bonds is 4. The molecule has 0 heterocycles. The minimum atomic E-state index is -0.673. The molecule has 5 nitrogen and oxygen atoms in total. The summed E-state index contributed by atoms with van der Waals surface area (Å²) in [5, 5.41) is 0.342. The quantitative estimate of drug-likeness (QED) is 0.437. The number of nitrogens with zero attached hydrogens (tertiary/aromatic N) is 1. The zero-order valence-electron chi connectivity index (χ0n) is 15.1. The Morgan fingerprint density at radius 3 is 2.42 bits per heavy atom. The molecular weight excluding hydrogens is 377 g/mol. The van der Waals surface area contributed by atoms with Crippen LogP contribution in [-0.4, -0.2) is 36.7 Å². The van der Waals surface area contributed by atoms with Crippen LogP contribution in [-0.2, 0) is 14.4 Å². The van der Waals surface area contributed by atoms with Crippen LogP contribution >= 0.6 is 23.2 Å². The first-order valence-corrected chi connectivity index (χ1v) is 9.06. The maximum atomic E-state index is 12.5. The van der Waals surface area contributed by atoms with Crippen molar-refractivity contribution in [1.29, 1.82) is 0 Å². The van der Waals surface area contributed by atoms with Crippen LogP contribution in [0.5, 0.6) is 5.75 Å². The summed E-state index contributed by atoms with van der Waals surface area (Å²) in [5.74, 6) is -1.44. The summed E-state index contributed by atoms with van der Waals surface area (Å²) in [5.41, 5.74) is 1.37. The number of benzene rings is 1. The Hall–Kier alpha value is -1.85. The summed E-state index contributed by atoms with van der Waals surface area (Å²) in [6, 6.07) is 3.24. The molecular formula is C19H21Cl2NO4. The number of ether oxygens (including phenoxy) is 1. The molecule has 0 saturated heterocycles. The molecule has 0 saturated carbocycles. The molecule has 0 N–H and O–H groups in total. The lowest BCUT2D eigenvalue weighted by atomic mass is 9.76. The van der Waals surface area contributed by atoms with Gasteiger partial charge in [-0.1, -0.05) is 30.1 Å². The molecule has 2 rings (SSSR count). The molecule has 1 aromatic carbocycles. The Morgan fingerprint density at radius 1 is 1.23 bits per heavy atom. The van der Waals surface area contributed by atoms with E-state index in [0.29, 0.717) is 12.0 Å². The smallest absolute Gasteiger partial charge is 0.308 e. The molecule has 1 aliphatic rings. The van der Waals surface area contributed by atoms with E-state index in [2.05, 4.69) is 0 Å². The van der Waals surface area contributed by atoms with Gasteiger partial charge in [-0.25, -0.2) is 0 Å². The highest BCUT2D eigenvalue weighted by molar-refractivity contribution is 6.44. The molecule has 26 heavy (non-hydrogen) atoms. The number of carbonyl (C=O) groups excluding carboxylic acids is 3. The van der Waals surface area contributed by atoms with Gasteiger partial charge < -0.3 is 9.64 Å². The van der Waals surface area contributed by atoms with E-state index in [9.17, 15) is 14.4 Å². The second-order valence-corrected chi connectivity index (χ2v) is 7.22. The van der Waals surface area contributed by atoms with Gasteiger partial charge in [-0.3, -0.25) is 14.4 Å². The number of carbonyl (C=O) groups is 3. The molecule has 0 fully saturated rings. The molecule has 0 spiro atoms. The Balaban J connectivity index is 2.45. The van der Waals surface area contributed by atoms with Crippen LogP contribution in [0.1, 0.15) is 32.3 Å². The predicted octanol–water partition coefficient (Wildman–Crippen LogP) is 4.01. The fourth-order valence-corrected chi connectivity index (χ4v) is 3.57. The number of hydrogen-bond acceptors (Lipinski definition) is 4. The lowest BCUT2D eigenvalue weighted by Gasteiger charge is -2.30. The summed E-state index contributed by atoms with van der Waals surface area (Å²) in [6.45, 7) is 3.27. The Labute approximate surface area is 162 Å². The lowest BCUT2D eigenvalue weighted by molar-refractivity contribution is -0.138. The van der Waals surface area contributed by atoms with Gasteiger partial charge in [0.15, 0.2) is 11.5 Å². The first-order valence-electron chi connectivity index (χ1n) is 8.30. The van der Waals surface area contributed by atoms with Gasteiger partial charge in [0, 0.05) is 21.0 Å². The van der Waals surface area contributed by atoms with Crippen molar-refractivity contribution in [2.45, 2.75) is 26.7 Å². The largest absolute Gasteiger partial charge is 0.425 e. The van der Waals surface area contributed by atoms with Crippen molar-refractivity contribution in [1.82, 2.24) is 4.90 Å². The normalized spacial score (nSPS) is 19.8. The van der Waals surface area contributed by atoms with Crippen LogP contribution in [0.25, 0.3) is 5.57 Å².